The molecule has 0 radical (unpaired) electrons. The summed E-state index contributed by atoms with van der Waals surface area (Å²) in [5, 5.41) is 0. The van der Waals surface area contributed by atoms with E-state index in [9.17, 15) is 4.79 Å². The summed E-state index contributed by atoms with van der Waals surface area (Å²) in [6.45, 7) is 2.16. The van der Waals surface area contributed by atoms with Crippen LogP contribution in [0.3, 0.4) is 0 Å². The third-order valence-corrected chi connectivity index (χ3v) is 3.84. The Labute approximate surface area is 115 Å². The number of ether oxygens (including phenoxy) is 1. The third-order valence-electron chi connectivity index (χ3n) is 3.84. The van der Waals surface area contributed by atoms with Gasteiger partial charge in [0.2, 0.25) is 0 Å². The summed E-state index contributed by atoms with van der Waals surface area (Å²) in [7, 11) is 0. The Morgan fingerprint density at radius 3 is 2.44 bits per heavy atom. The number of nitrogens with zero attached hydrogens (tertiary/aromatic N) is 1. The molecule has 0 aromatic heterocycles. The molecule has 0 amide bonds. The molecule has 3 nitrogen and oxygen atoms in total. The maximum atomic E-state index is 11.9. The molecule has 3 aliphatic rings. The molecule has 3 fully saturated rings. The number of esters is 1. The average Bonchev–Trinajstić information content (AvgIpc) is 2.41. The van der Waals surface area contributed by atoms with Gasteiger partial charge >= 0.3 is 7.40 Å². The van der Waals surface area contributed by atoms with Gasteiger partial charge in [0.25, 0.3) is 0 Å². The van der Waals surface area contributed by atoms with Gasteiger partial charge in [-0.25, -0.2) is 4.79 Å². The van der Waals surface area contributed by atoms with E-state index in [0.29, 0.717) is 5.56 Å². The lowest BCUT2D eigenvalue weighted by Gasteiger charge is -2.44. The van der Waals surface area contributed by atoms with Gasteiger partial charge in [0, 0.05) is 19.5 Å². The summed E-state index contributed by atoms with van der Waals surface area (Å²) >= 11 is 0. The first-order valence-corrected chi connectivity index (χ1v) is 6.33. The minimum Gasteiger partial charge on any atom is -1.00 e. The lowest BCUT2D eigenvalue weighted by Crippen LogP contribution is -3.00. The predicted octanol–water partition coefficient (Wildman–Crippen LogP) is -0.598. The van der Waals surface area contributed by atoms with Crippen LogP contribution in [-0.4, -0.2) is 30.2 Å². The number of fused-ring (bicyclic) bond motifs is 3. The van der Waals surface area contributed by atoms with Gasteiger partial charge in [-0.1, -0.05) is 18.2 Å². The molecular formula is C14H18ClNO2. The van der Waals surface area contributed by atoms with Crippen LogP contribution in [0, 0.1) is 5.92 Å². The SMILES string of the molecule is O=C(OC1CC2CCN1CC2)c1ccccc1.[Cl-].[H+]. The van der Waals surface area contributed by atoms with Crippen LogP contribution in [0.15, 0.2) is 30.3 Å². The number of rotatable bonds is 2. The van der Waals surface area contributed by atoms with Crippen LogP contribution in [0.2, 0.25) is 0 Å². The fourth-order valence-electron chi connectivity index (χ4n) is 2.80. The van der Waals surface area contributed by atoms with Gasteiger partial charge in [-0.05, 0) is 30.9 Å². The minimum absolute atomic E-state index is 0. The lowest BCUT2D eigenvalue weighted by atomic mass is 9.87. The van der Waals surface area contributed by atoms with E-state index in [1.54, 1.807) is 12.1 Å². The molecule has 3 heterocycles. The molecule has 0 saturated carbocycles. The first-order chi connectivity index (χ1) is 8.33. The molecule has 4 heteroatoms. The van der Waals surface area contributed by atoms with Crippen molar-refractivity contribution < 1.29 is 23.4 Å². The van der Waals surface area contributed by atoms with Crippen LogP contribution in [-0.2, 0) is 4.74 Å². The molecule has 2 bridgehead atoms. The number of benzene rings is 1. The van der Waals surface area contributed by atoms with Crippen molar-refractivity contribution in [2.45, 2.75) is 25.5 Å². The van der Waals surface area contributed by atoms with Crippen molar-refractivity contribution >= 4 is 5.97 Å². The van der Waals surface area contributed by atoms with E-state index >= 15 is 0 Å². The Hall–Kier alpha value is -1.06. The van der Waals surface area contributed by atoms with Crippen LogP contribution in [0.5, 0.6) is 0 Å². The van der Waals surface area contributed by atoms with Gasteiger partial charge in [0.05, 0.1) is 5.56 Å². The standard InChI is InChI=1S/C14H17NO2.ClH/c16-14(12-4-2-1-3-5-12)17-13-10-11-6-8-15(13)9-7-11;/h1-5,11,13H,6-10H2;1H. The van der Waals surface area contributed by atoms with Gasteiger partial charge in [-0.3, -0.25) is 4.90 Å². The van der Waals surface area contributed by atoms with E-state index in [-0.39, 0.29) is 26.0 Å². The van der Waals surface area contributed by atoms with Gasteiger partial charge in [-0.15, -0.1) is 0 Å². The van der Waals surface area contributed by atoms with Crippen molar-refractivity contribution in [2.24, 2.45) is 5.92 Å². The van der Waals surface area contributed by atoms with Crippen LogP contribution >= 0.6 is 0 Å². The third kappa shape index (κ3) is 2.68. The van der Waals surface area contributed by atoms with Crippen molar-refractivity contribution in [1.29, 1.82) is 0 Å². The first-order valence-electron chi connectivity index (χ1n) is 6.33. The van der Waals surface area contributed by atoms with Crippen LogP contribution in [0.1, 0.15) is 31.0 Å². The van der Waals surface area contributed by atoms with Gasteiger partial charge in [-0.2, -0.15) is 0 Å². The quantitative estimate of drug-likeness (QED) is 0.671. The zero-order chi connectivity index (χ0) is 11.7. The predicted molar refractivity (Wildman–Crippen MR) is 65.7 cm³/mol. The number of hydrogen-bond acceptors (Lipinski definition) is 3. The fraction of sp³-hybridized carbons (Fsp3) is 0.500. The molecular weight excluding hydrogens is 250 g/mol. The topological polar surface area (TPSA) is 29.5 Å². The normalized spacial score (nSPS) is 29.4. The molecule has 1 atom stereocenters. The second-order valence-corrected chi connectivity index (χ2v) is 4.94. The number of piperidine rings is 3. The number of carbonyl (C=O) groups excluding carboxylic acids is 1. The van der Waals surface area contributed by atoms with Gasteiger partial charge in [0.15, 0.2) is 6.23 Å². The maximum Gasteiger partial charge on any atom is 1.00 e. The van der Waals surface area contributed by atoms with E-state index in [4.69, 9.17) is 4.74 Å². The summed E-state index contributed by atoms with van der Waals surface area (Å²) in [5.41, 5.74) is 0.648. The van der Waals surface area contributed by atoms with Crippen LogP contribution < -0.4 is 12.4 Å². The second kappa shape index (κ2) is 5.72. The van der Waals surface area contributed by atoms with Crippen LogP contribution in [0.4, 0.5) is 0 Å². The number of carbonyl (C=O) groups is 1. The average molecular weight is 268 g/mol. The van der Waals surface area contributed by atoms with Crippen molar-refractivity contribution in [3.05, 3.63) is 35.9 Å². The summed E-state index contributed by atoms with van der Waals surface area (Å²) in [5.74, 6) is 0.566. The van der Waals surface area contributed by atoms with E-state index < -0.39 is 0 Å². The highest BCUT2D eigenvalue weighted by Gasteiger charge is 2.35. The van der Waals surface area contributed by atoms with Crippen molar-refractivity contribution in [3.8, 4) is 0 Å². The smallest absolute Gasteiger partial charge is 1.00 e. The van der Waals surface area contributed by atoms with E-state index in [1.807, 2.05) is 18.2 Å². The minimum atomic E-state index is -0.192. The summed E-state index contributed by atoms with van der Waals surface area (Å²) in [4.78, 5) is 14.2. The molecule has 1 aromatic rings. The van der Waals surface area contributed by atoms with E-state index in [1.165, 1.54) is 12.8 Å². The zero-order valence-electron chi connectivity index (χ0n) is 11.2. The Morgan fingerprint density at radius 1 is 1.22 bits per heavy atom. The Balaban J connectivity index is 0.000000902. The molecule has 0 spiro atoms. The van der Waals surface area contributed by atoms with Crippen molar-refractivity contribution in [1.82, 2.24) is 4.90 Å². The molecule has 1 unspecified atom stereocenters. The van der Waals surface area contributed by atoms with Crippen molar-refractivity contribution in [2.75, 3.05) is 13.1 Å². The lowest BCUT2D eigenvalue weighted by molar-refractivity contribution is -0.0900. The Bertz CT molecular complexity index is 407. The molecule has 0 N–H and O–H groups in total. The number of hydrogen-bond donors (Lipinski definition) is 0. The fourth-order valence-corrected chi connectivity index (χ4v) is 2.80. The largest absolute Gasteiger partial charge is 1.00 e. The summed E-state index contributed by atoms with van der Waals surface area (Å²) < 4.78 is 5.60. The Morgan fingerprint density at radius 2 is 1.89 bits per heavy atom. The number of halogens is 1. The first kappa shape index (κ1) is 13.4. The molecule has 3 saturated heterocycles. The highest BCUT2D eigenvalue weighted by molar-refractivity contribution is 5.89. The monoisotopic (exact) mass is 267 g/mol. The van der Waals surface area contributed by atoms with E-state index in [2.05, 4.69) is 4.90 Å². The molecule has 0 aliphatic carbocycles. The maximum absolute atomic E-state index is 11.9. The second-order valence-electron chi connectivity index (χ2n) is 4.94. The molecule has 4 rings (SSSR count). The molecule has 3 aliphatic heterocycles. The highest BCUT2D eigenvalue weighted by Crippen LogP contribution is 2.32. The van der Waals surface area contributed by atoms with Gasteiger partial charge < -0.3 is 17.1 Å². The molecule has 1 aromatic carbocycles. The Kier molecular flexibility index (Phi) is 4.25. The van der Waals surface area contributed by atoms with Crippen LogP contribution in [0.25, 0.3) is 0 Å². The summed E-state index contributed by atoms with van der Waals surface area (Å²) in [6.07, 6.45) is 3.55. The zero-order valence-corrected chi connectivity index (χ0v) is 11.0. The summed E-state index contributed by atoms with van der Waals surface area (Å²) in [6, 6.07) is 9.24. The molecule has 18 heavy (non-hydrogen) atoms. The molecule has 98 valence electrons. The van der Waals surface area contributed by atoms with E-state index in [0.717, 1.165) is 25.4 Å². The highest BCUT2D eigenvalue weighted by atomic mass is 35.5. The van der Waals surface area contributed by atoms with Crippen molar-refractivity contribution in [3.63, 3.8) is 0 Å². The van der Waals surface area contributed by atoms with Gasteiger partial charge in [0.1, 0.15) is 0 Å².